The molecule has 6 heteroatoms. The van der Waals surface area contributed by atoms with Crippen LogP contribution in [0.25, 0.3) is 11.3 Å². The summed E-state index contributed by atoms with van der Waals surface area (Å²) in [5.74, 6) is -0.240. The number of nitrogens with one attached hydrogen (secondary N) is 1. The molecule has 0 aliphatic heterocycles. The molecular formula is C10H10N4OS. The zero-order chi connectivity index (χ0) is 11.4. The van der Waals surface area contributed by atoms with Gasteiger partial charge in [-0.1, -0.05) is 0 Å². The van der Waals surface area contributed by atoms with Crippen molar-refractivity contribution in [3.63, 3.8) is 0 Å². The molecule has 0 radical (unpaired) electrons. The summed E-state index contributed by atoms with van der Waals surface area (Å²) in [5.41, 5.74) is 6.99. The lowest BCUT2D eigenvalue weighted by molar-refractivity contribution is -0.114. The molecule has 82 valence electrons. The van der Waals surface area contributed by atoms with E-state index in [0.717, 1.165) is 11.3 Å². The standard InChI is InChI=1S/C10H10N4OS/c11-5-9(15)14-10-13-8(6-16-10)7-1-3-12-4-2-7/h1-4,6H,5,11H2,(H,13,14,15). The molecule has 2 aromatic heterocycles. The minimum Gasteiger partial charge on any atom is -0.322 e. The number of anilines is 1. The van der Waals surface area contributed by atoms with Gasteiger partial charge < -0.3 is 11.1 Å². The Bertz CT molecular complexity index is 483. The normalized spacial score (nSPS) is 10.1. The van der Waals surface area contributed by atoms with Gasteiger partial charge in [-0.15, -0.1) is 11.3 Å². The molecule has 0 saturated carbocycles. The number of hydrogen-bond acceptors (Lipinski definition) is 5. The van der Waals surface area contributed by atoms with E-state index in [2.05, 4.69) is 15.3 Å². The fraction of sp³-hybridized carbons (Fsp3) is 0.100. The number of thiazole rings is 1. The van der Waals surface area contributed by atoms with Crippen molar-refractivity contribution in [3.8, 4) is 11.3 Å². The van der Waals surface area contributed by atoms with Crippen molar-refractivity contribution in [2.24, 2.45) is 5.73 Å². The smallest absolute Gasteiger partial charge is 0.239 e. The number of pyridine rings is 1. The first-order chi connectivity index (χ1) is 7.79. The van der Waals surface area contributed by atoms with Gasteiger partial charge in [-0.05, 0) is 12.1 Å². The Morgan fingerprint density at radius 1 is 1.44 bits per heavy atom. The number of nitrogens with two attached hydrogens (primary N) is 1. The average molecular weight is 234 g/mol. The molecule has 0 atom stereocenters. The molecule has 0 fully saturated rings. The van der Waals surface area contributed by atoms with Gasteiger partial charge in [0.15, 0.2) is 5.13 Å². The Hall–Kier alpha value is -1.79. The molecule has 3 N–H and O–H groups in total. The van der Waals surface area contributed by atoms with Gasteiger partial charge in [-0.2, -0.15) is 0 Å². The largest absolute Gasteiger partial charge is 0.322 e. The second-order valence-corrected chi connectivity index (χ2v) is 3.88. The van der Waals surface area contributed by atoms with Crippen LogP contribution < -0.4 is 11.1 Å². The van der Waals surface area contributed by atoms with Gasteiger partial charge in [-0.25, -0.2) is 4.98 Å². The maximum absolute atomic E-state index is 11.0. The van der Waals surface area contributed by atoms with E-state index in [0.29, 0.717) is 5.13 Å². The van der Waals surface area contributed by atoms with Crippen LogP contribution in [0.4, 0.5) is 5.13 Å². The molecule has 0 aliphatic rings. The third-order valence-corrected chi connectivity index (χ3v) is 2.67. The van der Waals surface area contributed by atoms with Crippen LogP contribution in [0.5, 0.6) is 0 Å². The van der Waals surface area contributed by atoms with Crippen LogP contribution in [-0.4, -0.2) is 22.4 Å². The Morgan fingerprint density at radius 3 is 2.88 bits per heavy atom. The Balaban J connectivity index is 2.17. The van der Waals surface area contributed by atoms with Crippen molar-refractivity contribution in [2.75, 3.05) is 11.9 Å². The highest BCUT2D eigenvalue weighted by Gasteiger charge is 2.06. The molecule has 0 aromatic carbocycles. The second-order valence-electron chi connectivity index (χ2n) is 3.03. The van der Waals surface area contributed by atoms with E-state index in [1.165, 1.54) is 11.3 Å². The minimum atomic E-state index is -0.240. The number of carbonyl (C=O) groups excluding carboxylic acids is 1. The fourth-order valence-electron chi connectivity index (χ4n) is 1.16. The lowest BCUT2D eigenvalue weighted by Gasteiger charge is -1.97. The van der Waals surface area contributed by atoms with Gasteiger partial charge in [0, 0.05) is 23.3 Å². The van der Waals surface area contributed by atoms with E-state index in [-0.39, 0.29) is 12.5 Å². The first-order valence-corrected chi connectivity index (χ1v) is 5.53. The number of carbonyl (C=O) groups is 1. The minimum absolute atomic E-state index is 0.0375. The molecule has 1 amide bonds. The van der Waals surface area contributed by atoms with Crippen LogP contribution in [0.15, 0.2) is 29.9 Å². The number of nitrogens with zero attached hydrogens (tertiary/aromatic N) is 2. The number of rotatable bonds is 3. The Labute approximate surface area is 96.3 Å². The zero-order valence-corrected chi connectivity index (χ0v) is 9.20. The third kappa shape index (κ3) is 2.41. The summed E-state index contributed by atoms with van der Waals surface area (Å²) in [6.45, 7) is -0.0375. The van der Waals surface area contributed by atoms with E-state index >= 15 is 0 Å². The highest BCUT2D eigenvalue weighted by atomic mass is 32.1. The summed E-state index contributed by atoms with van der Waals surface area (Å²) in [5, 5.41) is 5.04. The second kappa shape index (κ2) is 4.82. The average Bonchev–Trinajstić information content (AvgIpc) is 2.78. The zero-order valence-electron chi connectivity index (χ0n) is 8.38. The van der Waals surface area contributed by atoms with Crippen molar-refractivity contribution in [2.45, 2.75) is 0 Å². The van der Waals surface area contributed by atoms with Gasteiger partial charge in [0.1, 0.15) is 0 Å². The molecule has 0 bridgehead atoms. The highest BCUT2D eigenvalue weighted by molar-refractivity contribution is 7.14. The Kier molecular flexibility index (Phi) is 3.23. The van der Waals surface area contributed by atoms with E-state index in [1.54, 1.807) is 12.4 Å². The lowest BCUT2D eigenvalue weighted by atomic mass is 10.2. The quantitative estimate of drug-likeness (QED) is 0.833. The maximum atomic E-state index is 11.0. The molecule has 0 aliphatic carbocycles. The predicted molar refractivity (Wildman–Crippen MR) is 63.0 cm³/mol. The predicted octanol–water partition coefficient (Wildman–Crippen LogP) is 1.10. The van der Waals surface area contributed by atoms with Crippen molar-refractivity contribution in [1.82, 2.24) is 9.97 Å². The monoisotopic (exact) mass is 234 g/mol. The molecule has 2 rings (SSSR count). The summed E-state index contributed by atoms with van der Waals surface area (Å²) in [7, 11) is 0. The summed E-state index contributed by atoms with van der Waals surface area (Å²) >= 11 is 1.37. The summed E-state index contributed by atoms with van der Waals surface area (Å²) < 4.78 is 0. The van der Waals surface area contributed by atoms with Gasteiger partial charge in [0.25, 0.3) is 0 Å². The summed E-state index contributed by atoms with van der Waals surface area (Å²) in [6.07, 6.45) is 3.40. The van der Waals surface area contributed by atoms with Crippen molar-refractivity contribution in [1.29, 1.82) is 0 Å². The first kappa shape index (κ1) is 10.7. The lowest BCUT2D eigenvalue weighted by Crippen LogP contribution is -2.21. The number of aromatic nitrogens is 2. The van der Waals surface area contributed by atoms with E-state index in [1.807, 2.05) is 17.5 Å². The topological polar surface area (TPSA) is 80.9 Å². The van der Waals surface area contributed by atoms with Crippen LogP contribution in [0.3, 0.4) is 0 Å². The van der Waals surface area contributed by atoms with Crippen LogP contribution >= 0.6 is 11.3 Å². The Morgan fingerprint density at radius 2 is 2.19 bits per heavy atom. The first-order valence-electron chi connectivity index (χ1n) is 4.65. The number of amides is 1. The van der Waals surface area contributed by atoms with Gasteiger partial charge in [0.2, 0.25) is 5.91 Å². The third-order valence-electron chi connectivity index (χ3n) is 1.91. The molecule has 5 nitrogen and oxygen atoms in total. The van der Waals surface area contributed by atoms with Crippen molar-refractivity contribution >= 4 is 22.4 Å². The molecule has 2 heterocycles. The van der Waals surface area contributed by atoms with E-state index in [9.17, 15) is 4.79 Å². The molecule has 2 aromatic rings. The molecular weight excluding hydrogens is 224 g/mol. The molecule has 0 spiro atoms. The summed E-state index contributed by atoms with van der Waals surface area (Å²) in [6, 6.07) is 3.73. The van der Waals surface area contributed by atoms with Crippen molar-refractivity contribution in [3.05, 3.63) is 29.9 Å². The van der Waals surface area contributed by atoms with Crippen LogP contribution in [0, 0.1) is 0 Å². The van der Waals surface area contributed by atoms with E-state index in [4.69, 9.17) is 5.73 Å². The molecule has 0 unspecified atom stereocenters. The van der Waals surface area contributed by atoms with E-state index < -0.39 is 0 Å². The number of hydrogen-bond donors (Lipinski definition) is 2. The van der Waals surface area contributed by atoms with Crippen LogP contribution in [0.2, 0.25) is 0 Å². The summed E-state index contributed by atoms with van der Waals surface area (Å²) in [4.78, 5) is 19.2. The SMILES string of the molecule is NCC(=O)Nc1nc(-c2ccncc2)cs1. The van der Waals surface area contributed by atoms with Crippen LogP contribution in [-0.2, 0) is 4.79 Å². The molecule has 0 saturated heterocycles. The van der Waals surface area contributed by atoms with Gasteiger partial charge in [-0.3, -0.25) is 9.78 Å². The highest BCUT2D eigenvalue weighted by Crippen LogP contribution is 2.23. The van der Waals surface area contributed by atoms with Gasteiger partial charge in [0.05, 0.1) is 12.2 Å². The molecule has 16 heavy (non-hydrogen) atoms. The van der Waals surface area contributed by atoms with Crippen molar-refractivity contribution < 1.29 is 4.79 Å². The maximum Gasteiger partial charge on any atom is 0.239 e. The fourth-order valence-corrected chi connectivity index (χ4v) is 1.89. The van der Waals surface area contributed by atoms with Gasteiger partial charge >= 0.3 is 0 Å². The van der Waals surface area contributed by atoms with Crippen LogP contribution in [0.1, 0.15) is 0 Å².